The van der Waals surface area contributed by atoms with Gasteiger partial charge in [-0.05, 0) is 37.1 Å². The van der Waals surface area contributed by atoms with Crippen molar-refractivity contribution >= 4 is 11.9 Å². The molecule has 2 aromatic rings. The van der Waals surface area contributed by atoms with Crippen LogP contribution >= 0.6 is 0 Å². The Balaban J connectivity index is 1.43. The Morgan fingerprint density at radius 3 is 2.09 bits per heavy atom. The quantitative estimate of drug-likeness (QED) is 0.560. The average molecular weight is 433 g/mol. The molecule has 2 aliphatic heterocycles. The van der Waals surface area contributed by atoms with Crippen LogP contribution in [0, 0.1) is 11.8 Å². The summed E-state index contributed by atoms with van der Waals surface area (Å²) in [4.78, 5) is 29.9. The highest BCUT2D eigenvalue weighted by molar-refractivity contribution is 5.90. The van der Waals surface area contributed by atoms with Gasteiger partial charge in [0.1, 0.15) is 0 Å². The molecule has 0 aliphatic carbocycles. The summed E-state index contributed by atoms with van der Waals surface area (Å²) in [5, 5.41) is 11.5. The second-order valence-corrected chi connectivity index (χ2v) is 8.22. The van der Waals surface area contributed by atoms with Gasteiger partial charge in [-0.15, -0.1) is 0 Å². The van der Waals surface area contributed by atoms with Gasteiger partial charge in [0, 0.05) is 13.0 Å². The third-order valence-corrected chi connectivity index (χ3v) is 6.07. The molecule has 2 saturated heterocycles. The Bertz CT molecular complexity index is 951. The number of rotatable bonds is 6. The van der Waals surface area contributed by atoms with Crippen molar-refractivity contribution in [3.8, 4) is 11.8 Å². The van der Waals surface area contributed by atoms with Crippen LogP contribution in [-0.2, 0) is 19.9 Å². The lowest BCUT2D eigenvalue weighted by Gasteiger charge is -2.28. The van der Waals surface area contributed by atoms with E-state index in [1.165, 1.54) is 12.8 Å². The first-order valence-electron chi connectivity index (χ1n) is 11.1. The molecule has 1 atom stereocenters. The van der Waals surface area contributed by atoms with Crippen molar-refractivity contribution in [2.75, 3.05) is 32.7 Å². The third-order valence-electron chi connectivity index (χ3n) is 6.07. The summed E-state index contributed by atoms with van der Waals surface area (Å²) < 4.78 is 5.58. The van der Waals surface area contributed by atoms with Gasteiger partial charge in [-0.1, -0.05) is 72.5 Å². The number of likely N-dealkylation sites (tertiary alicyclic amines) is 2. The number of esters is 1. The van der Waals surface area contributed by atoms with E-state index < -0.39 is 17.7 Å². The van der Waals surface area contributed by atoms with E-state index in [0.29, 0.717) is 30.6 Å². The van der Waals surface area contributed by atoms with Crippen LogP contribution in [0.15, 0.2) is 60.7 Å². The lowest BCUT2D eigenvalue weighted by atomic mass is 9.86. The SMILES string of the molecule is O=C1C(OC(=O)C(O)(c2ccccc2)c2ccccc2)CCN1CC#CCN1CCCC1. The fourth-order valence-electron chi connectivity index (χ4n) is 4.21. The minimum atomic E-state index is -1.99. The van der Waals surface area contributed by atoms with Crippen molar-refractivity contribution in [3.63, 3.8) is 0 Å². The number of amides is 1. The topological polar surface area (TPSA) is 70.1 Å². The fraction of sp³-hybridized carbons (Fsp3) is 0.385. The molecule has 32 heavy (non-hydrogen) atoms. The summed E-state index contributed by atoms with van der Waals surface area (Å²) in [5.74, 6) is 5.08. The number of hydrogen-bond acceptors (Lipinski definition) is 5. The van der Waals surface area contributed by atoms with Crippen molar-refractivity contribution < 1.29 is 19.4 Å². The summed E-state index contributed by atoms with van der Waals surface area (Å²) in [7, 11) is 0. The molecular formula is C26H28N2O4. The van der Waals surface area contributed by atoms with Gasteiger partial charge in [0.25, 0.3) is 5.91 Å². The van der Waals surface area contributed by atoms with E-state index in [4.69, 9.17) is 4.74 Å². The molecule has 0 saturated carbocycles. The molecule has 2 heterocycles. The monoisotopic (exact) mass is 432 g/mol. The zero-order valence-corrected chi connectivity index (χ0v) is 18.1. The maximum absolute atomic E-state index is 13.2. The molecule has 6 heteroatoms. The van der Waals surface area contributed by atoms with E-state index >= 15 is 0 Å². The smallest absolute Gasteiger partial charge is 0.348 e. The molecule has 0 aromatic heterocycles. The van der Waals surface area contributed by atoms with Crippen LogP contribution in [-0.4, -0.2) is 65.6 Å². The van der Waals surface area contributed by atoms with Crippen molar-refractivity contribution in [1.29, 1.82) is 0 Å². The van der Waals surface area contributed by atoms with Gasteiger partial charge in [-0.25, -0.2) is 4.79 Å². The summed E-state index contributed by atoms with van der Waals surface area (Å²) in [6, 6.07) is 17.3. The first-order valence-corrected chi connectivity index (χ1v) is 11.1. The van der Waals surface area contributed by atoms with Crippen LogP contribution < -0.4 is 0 Å². The second kappa shape index (κ2) is 9.99. The number of benzene rings is 2. The predicted octanol–water partition coefficient (Wildman–Crippen LogP) is 2.17. The first kappa shape index (κ1) is 22.1. The minimum Gasteiger partial charge on any atom is -0.450 e. The summed E-state index contributed by atoms with van der Waals surface area (Å²) in [6.45, 7) is 3.69. The van der Waals surface area contributed by atoms with Crippen LogP contribution in [0.3, 0.4) is 0 Å². The highest BCUT2D eigenvalue weighted by Crippen LogP contribution is 2.32. The van der Waals surface area contributed by atoms with E-state index in [2.05, 4.69) is 16.7 Å². The number of ether oxygens (including phenoxy) is 1. The van der Waals surface area contributed by atoms with E-state index in [1.807, 2.05) is 12.1 Å². The molecule has 0 radical (unpaired) electrons. The lowest BCUT2D eigenvalue weighted by Crippen LogP contribution is -2.42. The summed E-state index contributed by atoms with van der Waals surface area (Å²) in [6.07, 6.45) is 1.91. The Kier molecular flexibility index (Phi) is 6.89. The molecule has 2 aromatic carbocycles. The van der Waals surface area contributed by atoms with Gasteiger partial charge in [-0.3, -0.25) is 9.69 Å². The Labute approximate surface area is 188 Å². The normalized spacial score (nSPS) is 19.0. The largest absolute Gasteiger partial charge is 0.450 e. The Morgan fingerprint density at radius 2 is 1.50 bits per heavy atom. The van der Waals surface area contributed by atoms with Crippen LogP contribution in [0.5, 0.6) is 0 Å². The second-order valence-electron chi connectivity index (χ2n) is 8.22. The van der Waals surface area contributed by atoms with E-state index in [1.54, 1.807) is 53.4 Å². The van der Waals surface area contributed by atoms with Gasteiger partial charge in [-0.2, -0.15) is 0 Å². The highest BCUT2D eigenvalue weighted by atomic mass is 16.6. The number of hydrogen-bond donors (Lipinski definition) is 1. The van der Waals surface area contributed by atoms with Gasteiger partial charge in [0.15, 0.2) is 6.10 Å². The number of nitrogens with zero attached hydrogens (tertiary/aromatic N) is 2. The molecule has 4 rings (SSSR count). The molecule has 1 N–H and O–H groups in total. The number of carbonyl (C=O) groups excluding carboxylic acids is 2. The molecule has 2 aliphatic rings. The summed E-state index contributed by atoms with van der Waals surface area (Å²) >= 11 is 0. The van der Waals surface area contributed by atoms with E-state index in [0.717, 1.165) is 19.6 Å². The molecule has 0 bridgehead atoms. The Morgan fingerprint density at radius 1 is 0.938 bits per heavy atom. The summed E-state index contributed by atoms with van der Waals surface area (Å²) in [5.41, 5.74) is -1.20. The Hall–Kier alpha value is -3.14. The van der Waals surface area contributed by atoms with Gasteiger partial charge < -0.3 is 14.7 Å². The van der Waals surface area contributed by atoms with Gasteiger partial charge >= 0.3 is 5.97 Å². The zero-order valence-electron chi connectivity index (χ0n) is 18.1. The molecule has 6 nitrogen and oxygen atoms in total. The van der Waals surface area contributed by atoms with Crippen molar-refractivity contribution in [1.82, 2.24) is 9.80 Å². The standard InChI is InChI=1S/C26H28N2O4/c29-24-23(15-20-28(24)19-10-9-18-27-16-7-8-17-27)32-25(30)26(31,21-11-3-1-4-12-21)22-13-5-2-6-14-22/h1-6,11-14,23,31H,7-8,15-20H2. The molecule has 166 valence electrons. The van der Waals surface area contributed by atoms with Crippen LogP contribution in [0.4, 0.5) is 0 Å². The molecular weight excluding hydrogens is 404 g/mol. The van der Waals surface area contributed by atoms with Crippen molar-refractivity contribution in [3.05, 3.63) is 71.8 Å². The average Bonchev–Trinajstić information content (AvgIpc) is 3.48. The third kappa shape index (κ3) is 4.69. The fourth-order valence-corrected chi connectivity index (χ4v) is 4.21. The number of aliphatic hydroxyl groups is 1. The molecule has 0 spiro atoms. The van der Waals surface area contributed by atoms with Crippen molar-refractivity contribution in [2.45, 2.75) is 31.0 Å². The van der Waals surface area contributed by atoms with Gasteiger partial charge in [0.2, 0.25) is 5.60 Å². The predicted molar refractivity (Wildman–Crippen MR) is 120 cm³/mol. The zero-order chi connectivity index (χ0) is 22.4. The van der Waals surface area contributed by atoms with Gasteiger partial charge in [0.05, 0.1) is 13.1 Å². The number of carbonyl (C=O) groups is 2. The highest BCUT2D eigenvalue weighted by Gasteiger charge is 2.45. The maximum atomic E-state index is 13.2. The first-order chi connectivity index (χ1) is 15.6. The minimum absolute atomic E-state index is 0.266. The van der Waals surface area contributed by atoms with Crippen molar-refractivity contribution in [2.24, 2.45) is 0 Å². The van der Waals surface area contributed by atoms with Crippen LogP contribution in [0.2, 0.25) is 0 Å². The van der Waals surface area contributed by atoms with Crippen LogP contribution in [0.1, 0.15) is 30.4 Å². The molecule has 2 fully saturated rings. The lowest BCUT2D eigenvalue weighted by molar-refractivity contribution is -0.171. The molecule has 1 unspecified atom stereocenters. The maximum Gasteiger partial charge on any atom is 0.348 e. The van der Waals surface area contributed by atoms with Crippen LogP contribution in [0.25, 0.3) is 0 Å². The van der Waals surface area contributed by atoms with E-state index in [9.17, 15) is 14.7 Å². The molecule has 1 amide bonds. The van der Waals surface area contributed by atoms with E-state index in [-0.39, 0.29) is 5.91 Å².